The van der Waals surface area contributed by atoms with Crippen LogP contribution in [0.4, 0.5) is 0 Å². The highest BCUT2D eigenvalue weighted by molar-refractivity contribution is 5.40. The van der Waals surface area contributed by atoms with Crippen LogP contribution in [0, 0.1) is 0 Å². The quantitative estimate of drug-likeness (QED) is 0.845. The molecule has 0 saturated heterocycles. The van der Waals surface area contributed by atoms with E-state index in [9.17, 15) is 0 Å². The summed E-state index contributed by atoms with van der Waals surface area (Å²) in [5.74, 6) is 3.23. The van der Waals surface area contributed by atoms with Crippen molar-refractivity contribution >= 4 is 0 Å². The molecule has 2 heterocycles. The molecule has 118 valence electrons. The van der Waals surface area contributed by atoms with Gasteiger partial charge in [-0.1, -0.05) is 31.1 Å². The van der Waals surface area contributed by atoms with Crippen LogP contribution in [-0.4, -0.2) is 41.3 Å². The Kier molecular flexibility index (Phi) is 4.29. The van der Waals surface area contributed by atoms with E-state index in [1.807, 2.05) is 45.2 Å². The van der Waals surface area contributed by atoms with Crippen LogP contribution in [0.1, 0.15) is 31.5 Å². The van der Waals surface area contributed by atoms with Crippen molar-refractivity contribution in [3.63, 3.8) is 0 Å². The second kappa shape index (κ2) is 6.36. The summed E-state index contributed by atoms with van der Waals surface area (Å²) in [5, 5.41) is 4.01. The highest BCUT2D eigenvalue weighted by Gasteiger charge is 2.22. The summed E-state index contributed by atoms with van der Waals surface area (Å²) >= 11 is 0. The van der Waals surface area contributed by atoms with Gasteiger partial charge in [0.05, 0.1) is 6.54 Å². The molecule has 0 bridgehead atoms. The number of fused-ring (bicyclic) bond motifs is 1. The zero-order chi connectivity index (χ0) is 15.5. The van der Waals surface area contributed by atoms with Crippen LogP contribution in [0.2, 0.25) is 0 Å². The molecule has 0 fully saturated rings. The number of para-hydroxylation sites is 2. The van der Waals surface area contributed by atoms with E-state index in [4.69, 9.17) is 14.0 Å². The first kappa shape index (κ1) is 14.8. The van der Waals surface area contributed by atoms with Crippen molar-refractivity contribution in [2.45, 2.75) is 32.4 Å². The first-order valence-corrected chi connectivity index (χ1v) is 7.51. The molecule has 1 aliphatic rings. The van der Waals surface area contributed by atoms with Crippen molar-refractivity contribution in [3.8, 4) is 11.5 Å². The van der Waals surface area contributed by atoms with Gasteiger partial charge in [0.1, 0.15) is 12.7 Å². The summed E-state index contributed by atoms with van der Waals surface area (Å²) in [7, 11) is 2.01. The highest BCUT2D eigenvalue weighted by atomic mass is 16.6. The molecule has 0 spiro atoms. The number of rotatable bonds is 5. The number of ether oxygens (including phenoxy) is 2. The third-order valence-corrected chi connectivity index (χ3v) is 3.47. The molecule has 3 rings (SSSR count). The number of aromatic nitrogens is 2. The Labute approximate surface area is 130 Å². The van der Waals surface area contributed by atoms with Gasteiger partial charge in [-0.2, -0.15) is 4.98 Å². The molecule has 0 amide bonds. The molecule has 6 heteroatoms. The van der Waals surface area contributed by atoms with E-state index in [0.717, 1.165) is 18.0 Å². The fraction of sp³-hybridized carbons (Fsp3) is 0.500. The van der Waals surface area contributed by atoms with Gasteiger partial charge in [-0.05, 0) is 19.2 Å². The molecule has 0 aliphatic carbocycles. The Morgan fingerprint density at radius 3 is 2.77 bits per heavy atom. The molecule has 22 heavy (non-hydrogen) atoms. The standard InChI is InChI=1S/C16H21N3O3/c1-11(2)16-17-15(18-22-16)9-19(3)8-12-10-20-13-6-4-5-7-14(13)21-12/h4-7,11-12H,8-10H2,1-3H3/t12-/m1/s1. The highest BCUT2D eigenvalue weighted by Crippen LogP contribution is 2.30. The molecule has 6 nitrogen and oxygen atoms in total. The molecular weight excluding hydrogens is 282 g/mol. The predicted molar refractivity (Wildman–Crippen MR) is 81.1 cm³/mol. The van der Waals surface area contributed by atoms with E-state index in [1.165, 1.54) is 0 Å². The Morgan fingerprint density at radius 1 is 1.27 bits per heavy atom. The number of benzene rings is 1. The summed E-state index contributed by atoms with van der Waals surface area (Å²) in [6, 6.07) is 7.73. The number of hydrogen-bond donors (Lipinski definition) is 0. The second-order valence-electron chi connectivity index (χ2n) is 5.90. The summed E-state index contributed by atoms with van der Waals surface area (Å²) in [6.07, 6.45) is -0.00336. The van der Waals surface area contributed by atoms with Crippen molar-refractivity contribution < 1.29 is 14.0 Å². The fourth-order valence-electron chi connectivity index (χ4n) is 2.37. The zero-order valence-corrected chi connectivity index (χ0v) is 13.2. The summed E-state index contributed by atoms with van der Waals surface area (Å²) < 4.78 is 16.9. The Bertz CT molecular complexity index is 627. The van der Waals surface area contributed by atoms with Crippen LogP contribution in [-0.2, 0) is 6.54 Å². The topological polar surface area (TPSA) is 60.6 Å². The minimum atomic E-state index is -0.00336. The predicted octanol–water partition coefficient (Wildman–Crippen LogP) is 2.46. The van der Waals surface area contributed by atoms with Gasteiger partial charge in [-0.3, -0.25) is 4.90 Å². The SMILES string of the molecule is CC(C)c1nc(CN(C)C[C@@H]2COc3ccccc3O2)no1. The van der Waals surface area contributed by atoms with Gasteiger partial charge >= 0.3 is 0 Å². The van der Waals surface area contributed by atoms with Crippen LogP contribution in [0.3, 0.4) is 0 Å². The molecular formula is C16H21N3O3. The fourth-order valence-corrected chi connectivity index (χ4v) is 2.37. The maximum Gasteiger partial charge on any atom is 0.229 e. The minimum Gasteiger partial charge on any atom is -0.486 e. The molecule has 0 saturated carbocycles. The van der Waals surface area contributed by atoms with Crippen LogP contribution >= 0.6 is 0 Å². The monoisotopic (exact) mass is 303 g/mol. The Morgan fingerprint density at radius 2 is 2.05 bits per heavy atom. The molecule has 0 unspecified atom stereocenters. The minimum absolute atomic E-state index is 0.00336. The lowest BCUT2D eigenvalue weighted by Crippen LogP contribution is -2.39. The van der Waals surface area contributed by atoms with Gasteiger partial charge in [-0.25, -0.2) is 0 Å². The molecule has 1 atom stereocenters. The number of nitrogens with zero attached hydrogens (tertiary/aromatic N) is 3. The molecule has 1 aromatic heterocycles. The molecule has 2 aromatic rings. The van der Waals surface area contributed by atoms with Crippen LogP contribution in [0.15, 0.2) is 28.8 Å². The maximum absolute atomic E-state index is 5.95. The second-order valence-corrected chi connectivity index (χ2v) is 5.90. The van der Waals surface area contributed by atoms with Crippen LogP contribution in [0.5, 0.6) is 11.5 Å². The van der Waals surface area contributed by atoms with Gasteiger partial charge in [0, 0.05) is 12.5 Å². The lowest BCUT2D eigenvalue weighted by atomic mass is 10.2. The van der Waals surface area contributed by atoms with Crippen molar-refractivity contribution in [2.75, 3.05) is 20.2 Å². The first-order chi connectivity index (χ1) is 10.6. The lowest BCUT2D eigenvalue weighted by Gasteiger charge is -2.29. The molecule has 1 aliphatic heterocycles. The van der Waals surface area contributed by atoms with Crippen molar-refractivity contribution in [1.29, 1.82) is 0 Å². The van der Waals surface area contributed by atoms with Gasteiger partial charge in [0.2, 0.25) is 5.89 Å². The largest absolute Gasteiger partial charge is 0.486 e. The van der Waals surface area contributed by atoms with Gasteiger partial charge in [0.25, 0.3) is 0 Å². The van der Waals surface area contributed by atoms with E-state index in [1.54, 1.807) is 0 Å². The third kappa shape index (κ3) is 3.39. The van der Waals surface area contributed by atoms with E-state index < -0.39 is 0 Å². The van der Waals surface area contributed by atoms with Crippen LogP contribution in [0.25, 0.3) is 0 Å². The zero-order valence-electron chi connectivity index (χ0n) is 13.2. The molecule has 0 radical (unpaired) electrons. The number of likely N-dealkylation sites (N-methyl/N-ethyl adjacent to an activating group) is 1. The Hall–Kier alpha value is -2.08. The van der Waals surface area contributed by atoms with E-state index in [-0.39, 0.29) is 12.0 Å². The average Bonchev–Trinajstić information content (AvgIpc) is 2.95. The van der Waals surface area contributed by atoms with Crippen molar-refractivity contribution in [1.82, 2.24) is 15.0 Å². The normalized spacial score (nSPS) is 17.2. The maximum atomic E-state index is 5.95. The molecule has 0 N–H and O–H groups in total. The first-order valence-electron chi connectivity index (χ1n) is 7.51. The van der Waals surface area contributed by atoms with E-state index in [0.29, 0.717) is 24.9 Å². The van der Waals surface area contributed by atoms with Gasteiger partial charge in [0.15, 0.2) is 17.3 Å². The van der Waals surface area contributed by atoms with Crippen LogP contribution < -0.4 is 9.47 Å². The lowest BCUT2D eigenvalue weighted by molar-refractivity contribution is 0.0630. The van der Waals surface area contributed by atoms with Gasteiger partial charge in [-0.15, -0.1) is 0 Å². The van der Waals surface area contributed by atoms with Gasteiger partial charge < -0.3 is 14.0 Å². The van der Waals surface area contributed by atoms with Crippen molar-refractivity contribution in [2.24, 2.45) is 0 Å². The molecule has 1 aromatic carbocycles. The average molecular weight is 303 g/mol. The summed E-state index contributed by atoms with van der Waals surface area (Å²) in [5.41, 5.74) is 0. The Balaban J connectivity index is 1.55. The summed E-state index contributed by atoms with van der Waals surface area (Å²) in [6.45, 7) is 5.97. The third-order valence-electron chi connectivity index (χ3n) is 3.47. The number of hydrogen-bond acceptors (Lipinski definition) is 6. The van der Waals surface area contributed by atoms with E-state index >= 15 is 0 Å². The summed E-state index contributed by atoms with van der Waals surface area (Å²) in [4.78, 5) is 6.50. The smallest absolute Gasteiger partial charge is 0.229 e. The van der Waals surface area contributed by atoms with Crippen molar-refractivity contribution in [3.05, 3.63) is 36.0 Å². The van der Waals surface area contributed by atoms with E-state index in [2.05, 4.69) is 15.0 Å².